The van der Waals surface area contributed by atoms with Gasteiger partial charge in [-0.1, -0.05) is 0 Å². The highest BCUT2D eigenvalue weighted by Gasteiger charge is 2.28. The van der Waals surface area contributed by atoms with Crippen molar-refractivity contribution in [1.82, 2.24) is 9.29 Å². The number of aromatic nitrogens is 1. The molecule has 2 heterocycles. The minimum Gasteiger partial charge on any atom is -0.384 e. The van der Waals surface area contributed by atoms with Gasteiger partial charge in [-0.2, -0.15) is 4.31 Å². The van der Waals surface area contributed by atoms with Crippen molar-refractivity contribution >= 4 is 27.3 Å². The zero-order valence-electron chi connectivity index (χ0n) is 10.9. The van der Waals surface area contributed by atoms with Crippen LogP contribution in [0.5, 0.6) is 0 Å². The molecule has 20 heavy (non-hydrogen) atoms. The second-order valence-corrected chi connectivity index (χ2v) is 6.47. The van der Waals surface area contributed by atoms with Crippen molar-refractivity contribution in [3.8, 4) is 0 Å². The molecule has 0 aromatic carbocycles. The standard InChI is InChI=1S/C10H15N5O4S/c1-20(18,19)14-6-4-13(5-7-14)10-8(15(16)17)2-3-9(11)12-10/h2-3H,4-7H2,1H3,(H2,11,12). The molecule has 0 atom stereocenters. The number of sulfonamides is 1. The van der Waals surface area contributed by atoms with Gasteiger partial charge in [0.2, 0.25) is 15.8 Å². The predicted molar refractivity (Wildman–Crippen MR) is 73.9 cm³/mol. The van der Waals surface area contributed by atoms with Crippen LogP contribution in [0.15, 0.2) is 12.1 Å². The summed E-state index contributed by atoms with van der Waals surface area (Å²) in [5, 5.41) is 11.0. The molecule has 0 spiro atoms. The van der Waals surface area contributed by atoms with Gasteiger partial charge in [0.25, 0.3) is 0 Å². The second-order valence-electron chi connectivity index (χ2n) is 4.49. The molecular formula is C10H15N5O4S. The number of nitrogen functional groups attached to an aromatic ring is 1. The van der Waals surface area contributed by atoms with E-state index in [1.54, 1.807) is 4.90 Å². The van der Waals surface area contributed by atoms with E-state index in [0.29, 0.717) is 13.1 Å². The summed E-state index contributed by atoms with van der Waals surface area (Å²) in [5.74, 6) is 0.374. The van der Waals surface area contributed by atoms with Gasteiger partial charge in [0.1, 0.15) is 5.82 Å². The number of anilines is 2. The number of pyridine rings is 1. The molecule has 2 rings (SSSR count). The van der Waals surface area contributed by atoms with Gasteiger partial charge in [-0.3, -0.25) is 10.1 Å². The van der Waals surface area contributed by atoms with E-state index >= 15 is 0 Å². The van der Waals surface area contributed by atoms with Crippen molar-refractivity contribution in [1.29, 1.82) is 0 Å². The van der Waals surface area contributed by atoms with Gasteiger partial charge in [-0.25, -0.2) is 13.4 Å². The third kappa shape index (κ3) is 2.96. The van der Waals surface area contributed by atoms with Crippen molar-refractivity contribution in [2.75, 3.05) is 43.1 Å². The van der Waals surface area contributed by atoms with Gasteiger partial charge in [0.05, 0.1) is 11.2 Å². The van der Waals surface area contributed by atoms with Crippen LogP contribution in [0.2, 0.25) is 0 Å². The van der Waals surface area contributed by atoms with E-state index in [1.165, 1.54) is 16.4 Å². The third-order valence-corrected chi connectivity index (χ3v) is 4.38. The number of nitro groups is 1. The number of hydrogen-bond acceptors (Lipinski definition) is 7. The minimum absolute atomic E-state index is 0.132. The maximum atomic E-state index is 11.4. The number of piperazine rings is 1. The van der Waals surface area contributed by atoms with Crippen LogP contribution in [0.3, 0.4) is 0 Å². The van der Waals surface area contributed by atoms with E-state index in [1.807, 2.05) is 0 Å². The number of rotatable bonds is 3. The Bertz CT molecular complexity index is 625. The van der Waals surface area contributed by atoms with Gasteiger partial charge in [0, 0.05) is 32.2 Å². The van der Waals surface area contributed by atoms with Crippen LogP contribution < -0.4 is 10.6 Å². The summed E-state index contributed by atoms with van der Waals surface area (Å²) in [5.41, 5.74) is 5.43. The number of nitrogens with two attached hydrogens (primary N) is 1. The smallest absolute Gasteiger partial charge is 0.311 e. The molecule has 0 bridgehead atoms. The normalized spacial score (nSPS) is 17.1. The number of hydrogen-bond donors (Lipinski definition) is 1. The fourth-order valence-electron chi connectivity index (χ4n) is 2.06. The minimum atomic E-state index is -3.24. The van der Waals surface area contributed by atoms with Crippen LogP contribution in [-0.2, 0) is 10.0 Å². The Morgan fingerprint density at radius 3 is 2.40 bits per heavy atom. The molecule has 0 unspecified atom stereocenters. The molecule has 0 saturated carbocycles. The van der Waals surface area contributed by atoms with E-state index < -0.39 is 14.9 Å². The van der Waals surface area contributed by atoms with Gasteiger partial charge >= 0.3 is 5.69 Å². The average Bonchev–Trinajstić information content (AvgIpc) is 2.37. The molecule has 1 saturated heterocycles. The van der Waals surface area contributed by atoms with Crippen molar-refractivity contribution in [3.05, 3.63) is 22.2 Å². The summed E-state index contributed by atoms with van der Waals surface area (Å²) in [4.78, 5) is 16.1. The Hall–Kier alpha value is -1.94. The first-order valence-corrected chi connectivity index (χ1v) is 7.75. The second kappa shape index (κ2) is 5.21. The maximum Gasteiger partial charge on any atom is 0.311 e. The zero-order valence-corrected chi connectivity index (χ0v) is 11.7. The molecule has 0 aliphatic carbocycles. The molecule has 110 valence electrons. The lowest BCUT2D eigenvalue weighted by Crippen LogP contribution is -2.48. The van der Waals surface area contributed by atoms with E-state index in [4.69, 9.17) is 5.73 Å². The third-order valence-electron chi connectivity index (χ3n) is 3.08. The quantitative estimate of drug-likeness (QED) is 0.598. The Balaban J connectivity index is 2.22. The van der Waals surface area contributed by atoms with Crippen LogP contribution in [0, 0.1) is 10.1 Å². The number of nitrogens with zero attached hydrogens (tertiary/aromatic N) is 4. The maximum absolute atomic E-state index is 11.4. The first-order valence-electron chi connectivity index (χ1n) is 5.90. The van der Waals surface area contributed by atoms with E-state index in [-0.39, 0.29) is 30.4 Å². The highest BCUT2D eigenvalue weighted by atomic mass is 32.2. The van der Waals surface area contributed by atoms with Crippen LogP contribution in [0.4, 0.5) is 17.3 Å². The molecule has 1 aliphatic heterocycles. The molecule has 1 aromatic heterocycles. The fraction of sp³-hybridized carbons (Fsp3) is 0.500. The summed E-state index contributed by atoms with van der Waals surface area (Å²) in [6.45, 7) is 1.22. The highest BCUT2D eigenvalue weighted by Crippen LogP contribution is 2.27. The van der Waals surface area contributed by atoms with Crippen molar-refractivity contribution in [3.63, 3.8) is 0 Å². The van der Waals surface area contributed by atoms with Crippen molar-refractivity contribution in [2.24, 2.45) is 0 Å². The van der Waals surface area contributed by atoms with Crippen LogP contribution in [-0.4, -0.2) is 55.1 Å². The fourth-order valence-corrected chi connectivity index (χ4v) is 2.89. The first kappa shape index (κ1) is 14.5. The Morgan fingerprint density at radius 2 is 1.90 bits per heavy atom. The molecule has 1 fully saturated rings. The molecule has 0 radical (unpaired) electrons. The summed E-state index contributed by atoms with van der Waals surface area (Å²) >= 11 is 0. The van der Waals surface area contributed by atoms with Gasteiger partial charge in [-0.05, 0) is 6.07 Å². The lowest BCUT2D eigenvalue weighted by molar-refractivity contribution is -0.384. The van der Waals surface area contributed by atoms with Crippen LogP contribution in [0.1, 0.15) is 0 Å². The Labute approximate surface area is 116 Å². The van der Waals surface area contributed by atoms with E-state index in [0.717, 1.165) is 6.26 Å². The molecule has 9 nitrogen and oxygen atoms in total. The molecule has 2 N–H and O–H groups in total. The molecule has 1 aliphatic rings. The highest BCUT2D eigenvalue weighted by molar-refractivity contribution is 7.88. The van der Waals surface area contributed by atoms with Gasteiger partial charge < -0.3 is 10.6 Å². The van der Waals surface area contributed by atoms with E-state index in [2.05, 4.69) is 4.98 Å². The van der Waals surface area contributed by atoms with E-state index in [9.17, 15) is 18.5 Å². The first-order chi connectivity index (χ1) is 9.29. The van der Waals surface area contributed by atoms with Gasteiger partial charge in [0.15, 0.2) is 0 Å². The van der Waals surface area contributed by atoms with Crippen LogP contribution in [0.25, 0.3) is 0 Å². The largest absolute Gasteiger partial charge is 0.384 e. The average molecular weight is 301 g/mol. The van der Waals surface area contributed by atoms with Crippen molar-refractivity contribution in [2.45, 2.75) is 0 Å². The molecule has 0 amide bonds. The SMILES string of the molecule is CS(=O)(=O)N1CCN(c2nc(N)ccc2[N+](=O)[O-])CC1. The van der Waals surface area contributed by atoms with Gasteiger partial charge in [-0.15, -0.1) is 0 Å². The molecular weight excluding hydrogens is 286 g/mol. The summed E-state index contributed by atoms with van der Waals surface area (Å²) < 4.78 is 24.2. The lowest BCUT2D eigenvalue weighted by atomic mass is 10.3. The van der Waals surface area contributed by atoms with Crippen molar-refractivity contribution < 1.29 is 13.3 Å². The summed E-state index contributed by atoms with van der Waals surface area (Å²) in [6.07, 6.45) is 1.14. The van der Waals surface area contributed by atoms with Crippen LogP contribution >= 0.6 is 0 Å². The predicted octanol–water partition coefficient (Wildman–Crippen LogP) is -0.346. The topological polar surface area (TPSA) is 123 Å². The Kier molecular flexibility index (Phi) is 3.77. The summed E-state index contributed by atoms with van der Waals surface area (Å²) in [6, 6.07) is 2.68. The Morgan fingerprint density at radius 1 is 1.30 bits per heavy atom. The zero-order chi connectivity index (χ0) is 14.9. The summed E-state index contributed by atoms with van der Waals surface area (Å²) in [7, 11) is -3.24. The monoisotopic (exact) mass is 301 g/mol. The molecule has 1 aromatic rings. The molecule has 10 heteroatoms. The lowest BCUT2D eigenvalue weighted by Gasteiger charge is -2.33.